The number of carbonyl (C=O) groups is 3. The van der Waals surface area contributed by atoms with Gasteiger partial charge in [-0.3, -0.25) is 19.4 Å². The van der Waals surface area contributed by atoms with Gasteiger partial charge in [0.25, 0.3) is 5.91 Å². The van der Waals surface area contributed by atoms with E-state index in [0.717, 1.165) is 0 Å². The van der Waals surface area contributed by atoms with Crippen LogP contribution in [0, 0.1) is 5.82 Å². The molecule has 2 saturated heterocycles. The molecule has 4 amide bonds. The number of likely N-dealkylation sites (tertiary alicyclic amines) is 1. The number of nitrogens with two attached hydrogens (primary N) is 1. The molecule has 2 aliphatic rings. The fourth-order valence-electron chi connectivity index (χ4n) is 3.65. The molecule has 1 aromatic carbocycles. The largest absolute Gasteiger partial charge is 0.368 e. The third kappa shape index (κ3) is 2.86. The molecule has 8 heteroatoms. The second-order valence-corrected chi connectivity index (χ2v) is 6.86. The normalized spacial score (nSPS) is 25.0. The van der Waals surface area contributed by atoms with Gasteiger partial charge in [-0.05, 0) is 38.0 Å². The fraction of sp³-hybridized carbons (Fsp3) is 0.471. The van der Waals surface area contributed by atoms with Gasteiger partial charge in [0.2, 0.25) is 5.91 Å². The summed E-state index contributed by atoms with van der Waals surface area (Å²) >= 11 is 0. The van der Waals surface area contributed by atoms with E-state index in [1.165, 1.54) is 29.2 Å². The van der Waals surface area contributed by atoms with Crippen LogP contribution in [0.2, 0.25) is 0 Å². The van der Waals surface area contributed by atoms with Crippen LogP contribution in [0.3, 0.4) is 0 Å². The zero-order valence-electron chi connectivity index (χ0n) is 14.2. The lowest BCUT2D eigenvalue weighted by atomic mass is 9.98. The van der Waals surface area contributed by atoms with Crippen molar-refractivity contribution in [1.29, 1.82) is 0 Å². The monoisotopic (exact) mass is 348 g/mol. The van der Waals surface area contributed by atoms with Gasteiger partial charge in [-0.15, -0.1) is 0 Å². The van der Waals surface area contributed by atoms with Crippen molar-refractivity contribution in [3.63, 3.8) is 0 Å². The third-order valence-electron chi connectivity index (χ3n) is 4.83. The number of nitrogens with zero attached hydrogens (tertiary/aromatic N) is 2. The smallest absolute Gasteiger partial charge is 0.325 e. The summed E-state index contributed by atoms with van der Waals surface area (Å²) < 4.78 is 13.2. The Balaban J connectivity index is 1.86. The van der Waals surface area contributed by atoms with Crippen molar-refractivity contribution in [2.24, 2.45) is 5.73 Å². The predicted octanol–water partition coefficient (Wildman–Crippen LogP) is 0.757. The topological polar surface area (TPSA) is 95.7 Å². The van der Waals surface area contributed by atoms with Gasteiger partial charge in [0.05, 0.1) is 0 Å². The molecule has 7 nitrogen and oxygen atoms in total. The minimum atomic E-state index is -1.03. The lowest BCUT2D eigenvalue weighted by molar-refractivity contribution is -0.132. The summed E-state index contributed by atoms with van der Waals surface area (Å²) in [5, 5.41) is 2.78. The molecule has 25 heavy (non-hydrogen) atoms. The lowest BCUT2D eigenvalue weighted by Gasteiger charge is -2.27. The van der Waals surface area contributed by atoms with E-state index >= 15 is 0 Å². The van der Waals surface area contributed by atoms with Crippen molar-refractivity contribution in [1.82, 2.24) is 15.1 Å². The SMILES string of the molecule is CC(C)N1C(=O)NC2(CCN(C(C(N)=O)c3ccc(F)cc3)C2)C1=O. The van der Waals surface area contributed by atoms with E-state index in [0.29, 0.717) is 18.5 Å². The zero-order chi connectivity index (χ0) is 18.4. The standard InChI is InChI=1S/C17H21FN4O3/c1-10(2)22-15(24)17(20-16(22)25)7-8-21(9-17)13(14(19)23)11-3-5-12(18)6-4-11/h3-6,10,13H,7-9H2,1-2H3,(H2,19,23)(H,20,25). The van der Waals surface area contributed by atoms with Gasteiger partial charge in [0, 0.05) is 19.1 Å². The first-order chi connectivity index (χ1) is 11.7. The molecule has 0 saturated carbocycles. The van der Waals surface area contributed by atoms with Crippen LogP contribution in [0.25, 0.3) is 0 Å². The molecule has 1 spiro atoms. The second-order valence-electron chi connectivity index (χ2n) is 6.86. The van der Waals surface area contributed by atoms with Gasteiger partial charge in [0.15, 0.2) is 0 Å². The van der Waals surface area contributed by atoms with E-state index in [2.05, 4.69) is 5.32 Å². The maximum absolute atomic E-state index is 13.2. The van der Waals surface area contributed by atoms with E-state index in [1.54, 1.807) is 18.7 Å². The van der Waals surface area contributed by atoms with Crippen molar-refractivity contribution >= 4 is 17.8 Å². The highest BCUT2D eigenvalue weighted by Crippen LogP contribution is 2.34. The molecule has 2 heterocycles. The van der Waals surface area contributed by atoms with Gasteiger partial charge in [-0.1, -0.05) is 12.1 Å². The Hall–Kier alpha value is -2.48. The molecule has 0 aromatic heterocycles. The number of benzene rings is 1. The van der Waals surface area contributed by atoms with Crippen LogP contribution in [-0.4, -0.2) is 52.3 Å². The second kappa shape index (κ2) is 6.11. The van der Waals surface area contributed by atoms with Crippen LogP contribution in [0.4, 0.5) is 9.18 Å². The summed E-state index contributed by atoms with van der Waals surface area (Å²) in [5.41, 5.74) is 5.08. The maximum Gasteiger partial charge on any atom is 0.325 e. The molecular weight excluding hydrogens is 327 g/mol. The van der Waals surface area contributed by atoms with E-state index in [9.17, 15) is 18.8 Å². The number of halogens is 1. The molecule has 3 N–H and O–H groups in total. The molecule has 2 atom stereocenters. The number of urea groups is 1. The van der Waals surface area contributed by atoms with Gasteiger partial charge in [-0.2, -0.15) is 0 Å². The van der Waals surface area contributed by atoms with E-state index in [-0.39, 0.29) is 18.5 Å². The molecule has 1 aromatic rings. The first-order valence-electron chi connectivity index (χ1n) is 8.20. The van der Waals surface area contributed by atoms with Crippen molar-refractivity contribution < 1.29 is 18.8 Å². The molecular formula is C17H21FN4O3. The summed E-state index contributed by atoms with van der Waals surface area (Å²) in [6.45, 7) is 4.15. The summed E-state index contributed by atoms with van der Waals surface area (Å²) in [5.74, 6) is -1.27. The molecule has 2 fully saturated rings. The molecule has 2 unspecified atom stereocenters. The Kier molecular flexibility index (Phi) is 4.24. The maximum atomic E-state index is 13.2. The summed E-state index contributed by atoms with van der Waals surface area (Å²) in [6, 6.07) is 4.10. The lowest BCUT2D eigenvalue weighted by Crippen LogP contribution is -2.50. The molecule has 134 valence electrons. The van der Waals surface area contributed by atoms with Gasteiger partial charge < -0.3 is 11.1 Å². The fourth-order valence-corrected chi connectivity index (χ4v) is 3.65. The molecule has 0 radical (unpaired) electrons. The van der Waals surface area contributed by atoms with Gasteiger partial charge in [-0.25, -0.2) is 9.18 Å². The zero-order valence-corrected chi connectivity index (χ0v) is 14.2. The predicted molar refractivity (Wildman–Crippen MR) is 87.8 cm³/mol. The van der Waals surface area contributed by atoms with Crippen LogP contribution in [-0.2, 0) is 9.59 Å². The Morgan fingerprint density at radius 1 is 1.28 bits per heavy atom. The number of amides is 4. The highest BCUT2D eigenvalue weighted by molar-refractivity contribution is 6.07. The van der Waals surface area contributed by atoms with E-state index < -0.39 is 29.3 Å². The quantitative estimate of drug-likeness (QED) is 0.785. The van der Waals surface area contributed by atoms with Crippen molar-refractivity contribution in [2.45, 2.75) is 37.9 Å². The average Bonchev–Trinajstić information content (AvgIpc) is 3.03. The summed E-state index contributed by atoms with van der Waals surface area (Å²) in [6.07, 6.45) is 0.395. The Morgan fingerprint density at radius 3 is 2.44 bits per heavy atom. The van der Waals surface area contributed by atoms with Crippen LogP contribution in [0.1, 0.15) is 31.9 Å². The Bertz CT molecular complexity index is 721. The van der Waals surface area contributed by atoms with E-state index in [4.69, 9.17) is 5.73 Å². The number of hydrogen-bond acceptors (Lipinski definition) is 4. The van der Waals surface area contributed by atoms with Crippen LogP contribution in [0.15, 0.2) is 24.3 Å². The molecule has 0 aliphatic carbocycles. The van der Waals surface area contributed by atoms with Crippen molar-refractivity contribution in [3.05, 3.63) is 35.6 Å². The summed E-state index contributed by atoms with van der Waals surface area (Å²) in [7, 11) is 0. The number of imide groups is 1. The Labute approximate surface area is 144 Å². The number of carbonyl (C=O) groups excluding carboxylic acids is 3. The average molecular weight is 348 g/mol. The van der Waals surface area contributed by atoms with Crippen LogP contribution >= 0.6 is 0 Å². The molecule has 3 rings (SSSR count). The highest BCUT2D eigenvalue weighted by Gasteiger charge is 2.56. The molecule has 0 bridgehead atoms. The van der Waals surface area contributed by atoms with E-state index in [1.807, 2.05) is 0 Å². The number of rotatable bonds is 4. The van der Waals surface area contributed by atoms with Gasteiger partial charge >= 0.3 is 6.03 Å². The highest BCUT2D eigenvalue weighted by atomic mass is 19.1. The minimum Gasteiger partial charge on any atom is -0.368 e. The van der Waals surface area contributed by atoms with Crippen molar-refractivity contribution in [3.8, 4) is 0 Å². The molecule has 2 aliphatic heterocycles. The number of hydrogen-bond donors (Lipinski definition) is 2. The first kappa shape index (κ1) is 17.3. The third-order valence-corrected chi connectivity index (χ3v) is 4.83. The van der Waals surface area contributed by atoms with Crippen LogP contribution < -0.4 is 11.1 Å². The number of primary amides is 1. The first-order valence-corrected chi connectivity index (χ1v) is 8.20. The van der Waals surface area contributed by atoms with Crippen molar-refractivity contribution in [2.75, 3.05) is 13.1 Å². The van der Waals surface area contributed by atoms with Gasteiger partial charge in [0.1, 0.15) is 17.4 Å². The van der Waals surface area contributed by atoms with Crippen LogP contribution in [0.5, 0.6) is 0 Å². The minimum absolute atomic E-state index is 0.186. The summed E-state index contributed by atoms with van der Waals surface area (Å²) in [4.78, 5) is 39.9. The Morgan fingerprint density at radius 2 is 1.92 bits per heavy atom. The number of nitrogens with one attached hydrogen (secondary N) is 1.